The highest BCUT2D eigenvalue weighted by atomic mass is 32.1. The van der Waals surface area contributed by atoms with Crippen molar-refractivity contribution in [3.05, 3.63) is 40.9 Å². The molecule has 5 heteroatoms. The molecule has 96 valence electrons. The van der Waals surface area contributed by atoms with Crippen molar-refractivity contribution in [3.8, 4) is 0 Å². The predicted molar refractivity (Wildman–Crippen MR) is 74.1 cm³/mol. The third kappa shape index (κ3) is 3.78. The second-order valence-electron chi connectivity index (χ2n) is 4.09. The van der Waals surface area contributed by atoms with Crippen LogP contribution in [0.1, 0.15) is 17.5 Å². The maximum atomic E-state index is 5.17. The maximum Gasteiger partial charge on any atom is 0.205 e. The summed E-state index contributed by atoms with van der Waals surface area (Å²) in [5.74, 6) is 0. The Morgan fingerprint density at radius 2 is 2.06 bits per heavy atom. The van der Waals surface area contributed by atoms with Gasteiger partial charge in [-0.05, 0) is 12.5 Å². The minimum absolute atomic E-state index is 0.173. The lowest BCUT2D eigenvalue weighted by atomic mass is 10.2. The van der Waals surface area contributed by atoms with Crippen molar-refractivity contribution in [2.24, 2.45) is 0 Å². The molecular weight excluding hydrogens is 246 g/mol. The molecule has 1 heterocycles. The van der Waals surface area contributed by atoms with Gasteiger partial charge in [0.05, 0.1) is 6.10 Å². The summed E-state index contributed by atoms with van der Waals surface area (Å²) in [6.07, 6.45) is 1.01. The van der Waals surface area contributed by atoms with Crippen molar-refractivity contribution in [2.45, 2.75) is 19.4 Å². The zero-order valence-corrected chi connectivity index (χ0v) is 11.4. The minimum Gasteiger partial charge on any atom is -0.380 e. The number of hydrogen-bond acceptors (Lipinski definition) is 5. The van der Waals surface area contributed by atoms with Crippen LogP contribution >= 0.6 is 11.3 Å². The number of nitrogens with zero attached hydrogens (tertiary/aromatic N) is 2. The van der Waals surface area contributed by atoms with Crippen molar-refractivity contribution in [3.63, 3.8) is 0 Å². The largest absolute Gasteiger partial charge is 0.380 e. The van der Waals surface area contributed by atoms with E-state index in [0.29, 0.717) is 0 Å². The van der Waals surface area contributed by atoms with Crippen molar-refractivity contribution in [1.29, 1.82) is 0 Å². The second kappa shape index (κ2) is 6.47. The van der Waals surface area contributed by atoms with E-state index in [4.69, 9.17) is 4.74 Å². The summed E-state index contributed by atoms with van der Waals surface area (Å²) in [5, 5.41) is 13.4. The first-order valence-corrected chi connectivity index (χ1v) is 6.72. The topological polar surface area (TPSA) is 47.0 Å². The molecular formula is C13H17N3OS. The molecule has 0 fully saturated rings. The monoisotopic (exact) mass is 263 g/mol. The van der Waals surface area contributed by atoms with Crippen molar-refractivity contribution in [1.82, 2.24) is 10.2 Å². The van der Waals surface area contributed by atoms with Crippen LogP contribution < -0.4 is 5.32 Å². The number of rotatable bonds is 6. The zero-order valence-electron chi connectivity index (χ0n) is 10.6. The summed E-state index contributed by atoms with van der Waals surface area (Å²) in [5.41, 5.74) is 1.26. The first kappa shape index (κ1) is 13.0. The lowest BCUT2D eigenvalue weighted by molar-refractivity contribution is 0.129. The van der Waals surface area contributed by atoms with E-state index in [2.05, 4.69) is 27.6 Å². The van der Waals surface area contributed by atoms with E-state index in [9.17, 15) is 0 Å². The summed E-state index contributed by atoms with van der Waals surface area (Å²) in [4.78, 5) is 0. The average Bonchev–Trinajstić information content (AvgIpc) is 2.85. The highest BCUT2D eigenvalue weighted by Gasteiger charge is 2.06. The summed E-state index contributed by atoms with van der Waals surface area (Å²) >= 11 is 1.59. The molecule has 4 nitrogen and oxygen atoms in total. The first-order chi connectivity index (χ1) is 8.78. The van der Waals surface area contributed by atoms with Gasteiger partial charge in [-0.2, -0.15) is 0 Å². The van der Waals surface area contributed by atoms with Gasteiger partial charge in [0.1, 0.15) is 5.01 Å². The van der Waals surface area contributed by atoms with Gasteiger partial charge in [0, 0.05) is 20.1 Å². The lowest BCUT2D eigenvalue weighted by Crippen LogP contribution is -2.17. The highest BCUT2D eigenvalue weighted by molar-refractivity contribution is 7.15. The molecule has 0 aliphatic carbocycles. The van der Waals surface area contributed by atoms with Crippen molar-refractivity contribution in [2.75, 3.05) is 19.0 Å². The smallest absolute Gasteiger partial charge is 0.205 e. The molecule has 1 unspecified atom stereocenters. The summed E-state index contributed by atoms with van der Waals surface area (Å²) in [6, 6.07) is 10.3. The molecule has 0 saturated heterocycles. The molecule has 1 N–H and O–H groups in total. The SMILES string of the molecule is COC(C)CNc1nnc(Cc2ccccc2)s1. The average molecular weight is 263 g/mol. The van der Waals surface area contributed by atoms with Crippen LogP contribution in [0.5, 0.6) is 0 Å². The fourth-order valence-corrected chi connectivity index (χ4v) is 2.26. The van der Waals surface area contributed by atoms with E-state index in [1.807, 2.05) is 25.1 Å². The number of aromatic nitrogens is 2. The number of nitrogens with one attached hydrogen (secondary N) is 1. The summed E-state index contributed by atoms with van der Waals surface area (Å²) in [6.45, 7) is 2.76. The molecule has 1 aromatic heterocycles. The van der Waals surface area contributed by atoms with Gasteiger partial charge in [0.2, 0.25) is 5.13 Å². The molecule has 0 spiro atoms. The molecule has 0 saturated carbocycles. The van der Waals surface area contributed by atoms with Crippen LogP contribution in [0, 0.1) is 0 Å². The van der Waals surface area contributed by atoms with Crippen LogP contribution in [-0.2, 0) is 11.2 Å². The standard InChI is InChI=1S/C13H17N3OS/c1-10(17-2)9-14-13-16-15-12(18-13)8-11-6-4-3-5-7-11/h3-7,10H,8-9H2,1-2H3,(H,14,16). The Labute approximate surface area is 111 Å². The van der Waals surface area contributed by atoms with E-state index in [1.165, 1.54) is 5.56 Å². The van der Waals surface area contributed by atoms with Gasteiger partial charge in [-0.3, -0.25) is 0 Å². The Balaban J connectivity index is 1.90. The third-order valence-electron chi connectivity index (χ3n) is 2.61. The van der Waals surface area contributed by atoms with Gasteiger partial charge >= 0.3 is 0 Å². The van der Waals surface area contributed by atoms with E-state index in [0.717, 1.165) is 23.1 Å². The molecule has 1 aromatic carbocycles. The van der Waals surface area contributed by atoms with Gasteiger partial charge in [0.25, 0.3) is 0 Å². The molecule has 1 atom stereocenters. The Morgan fingerprint density at radius 1 is 1.28 bits per heavy atom. The number of anilines is 1. The van der Waals surface area contributed by atoms with Crippen LogP contribution in [-0.4, -0.2) is 30.0 Å². The van der Waals surface area contributed by atoms with Gasteiger partial charge < -0.3 is 10.1 Å². The number of ether oxygens (including phenoxy) is 1. The van der Waals surface area contributed by atoms with Crippen LogP contribution in [0.4, 0.5) is 5.13 Å². The number of methoxy groups -OCH3 is 1. The lowest BCUT2D eigenvalue weighted by Gasteiger charge is -2.08. The minimum atomic E-state index is 0.173. The predicted octanol–water partition coefficient (Wildman–Crippen LogP) is 2.58. The number of hydrogen-bond donors (Lipinski definition) is 1. The van der Waals surface area contributed by atoms with Crippen LogP contribution in [0.2, 0.25) is 0 Å². The molecule has 2 rings (SSSR count). The number of benzene rings is 1. The molecule has 0 radical (unpaired) electrons. The second-order valence-corrected chi connectivity index (χ2v) is 5.15. The van der Waals surface area contributed by atoms with Gasteiger partial charge in [-0.1, -0.05) is 41.7 Å². The molecule has 2 aromatic rings. The quantitative estimate of drug-likeness (QED) is 0.870. The van der Waals surface area contributed by atoms with E-state index in [-0.39, 0.29) is 6.10 Å². The summed E-state index contributed by atoms with van der Waals surface area (Å²) in [7, 11) is 1.70. The molecule has 0 aliphatic heterocycles. The normalized spacial score (nSPS) is 12.3. The van der Waals surface area contributed by atoms with Crippen LogP contribution in [0.15, 0.2) is 30.3 Å². The Bertz CT molecular complexity index is 472. The fraction of sp³-hybridized carbons (Fsp3) is 0.385. The van der Waals surface area contributed by atoms with Crippen LogP contribution in [0.25, 0.3) is 0 Å². The Hall–Kier alpha value is -1.46. The summed E-state index contributed by atoms with van der Waals surface area (Å²) < 4.78 is 5.17. The highest BCUT2D eigenvalue weighted by Crippen LogP contribution is 2.18. The van der Waals surface area contributed by atoms with E-state index < -0.39 is 0 Å². The van der Waals surface area contributed by atoms with Crippen LogP contribution in [0.3, 0.4) is 0 Å². The van der Waals surface area contributed by atoms with Crippen molar-refractivity contribution < 1.29 is 4.74 Å². The third-order valence-corrected chi connectivity index (χ3v) is 3.49. The molecule has 0 amide bonds. The Morgan fingerprint density at radius 3 is 2.78 bits per heavy atom. The van der Waals surface area contributed by atoms with E-state index >= 15 is 0 Å². The maximum absolute atomic E-state index is 5.17. The first-order valence-electron chi connectivity index (χ1n) is 5.91. The fourth-order valence-electron chi connectivity index (χ4n) is 1.48. The molecule has 0 bridgehead atoms. The van der Waals surface area contributed by atoms with Gasteiger partial charge in [-0.25, -0.2) is 0 Å². The van der Waals surface area contributed by atoms with Crippen molar-refractivity contribution >= 4 is 16.5 Å². The zero-order chi connectivity index (χ0) is 12.8. The van der Waals surface area contributed by atoms with Gasteiger partial charge in [-0.15, -0.1) is 10.2 Å². The van der Waals surface area contributed by atoms with E-state index in [1.54, 1.807) is 18.4 Å². The van der Waals surface area contributed by atoms with Gasteiger partial charge in [0.15, 0.2) is 0 Å². The molecule has 18 heavy (non-hydrogen) atoms. The Kier molecular flexibility index (Phi) is 4.66. The molecule has 0 aliphatic rings.